The fourth-order valence-electron chi connectivity index (χ4n) is 3.34. The molecule has 1 aliphatic rings. The van der Waals surface area contributed by atoms with Gasteiger partial charge in [-0.05, 0) is 29.7 Å². The molecule has 2 atom stereocenters. The molecule has 0 amide bonds. The van der Waals surface area contributed by atoms with Gasteiger partial charge in [-0.2, -0.15) is 0 Å². The van der Waals surface area contributed by atoms with Crippen LogP contribution in [0.3, 0.4) is 0 Å². The van der Waals surface area contributed by atoms with Gasteiger partial charge in [0.05, 0.1) is 17.8 Å². The zero-order valence-corrected chi connectivity index (χ0v) is 13.0. The lowest BCUT2D eigenvalue weighted by Gasteiger charge is -2.26. The van der Waals surface area contributed by atoms with E-state index in [9.17, 15) is 0 Å². The Kier molecular flexibility index (Phi) is 3.83. The number of hydrogen-bond acceptors (Lipinski definition) is 2. The lowest BCUT2D eigenvalue weighted by molar-refractivity contribution is 0.627. The lowest BCUT2D eigenvalue weighted by Crippen LogP contribution is -2.33. The summed E-state index contributed by atoms with van der Waals surface area (Å²) in [5.41, 5.74) is 7.60. The van der Waals surface area contributed by atoms with Gasteiger partial charge in [0.2, 0.25) is 0 Å². The predicted octanol–water partition coefficient (Wildman–Crippen LogP) is 4.88. The van der Waals surface area contributed by atoms with Crippen LogP contribution in [0, 0.1) is 0 Å². The maximum Gasteiger partial charge on any atom is 0.0723 e. The lowest BCUT2D eigenvalue weighted by atomic mass is 9.97. The fourth-order valence-corrected chi connectivity index (χ4v) is 3.34. The van der Waals surface area contributed by atoms with Crippen LogP contribution in [0.15, 0.2) is 91.0 Å². The average Bonchev–Trinajstić information content (AvgIpc) is 3.09. The molecule has 0 saturated carbocycles. The summed E-state index contributed by atoms with van der Waals surface area (Å²) >= 11 is 0. The first-order valence-corrected chi connectivity index (χ1v) is 8.12. The van der Waals surface area contributed by atoms with Gasteiger partial charge in [-0.25, -0.2) is 5.43 Å². The summed E-state index contributed by atoms with van der Waals surface area (Å²) < 4.78 is 0. The minimum absolute atomic E-state index is 0.335. The predicted molar refractivity (Wildman–Crippen MR) is 95.0 cm³/mol. The van der Waals surface area contributed by atoms with Gasteiger partial charge >= 0.3 is 0 Å². The molecule has 1 N–H and O–H groups in total. The summed E-state index contributed by atoms with van der Waals surface area (Å²) in [4.78, 5) is 0. The van der Waals surface area contributed by atoms with Crippen molar-refractivity contribution < 1.29 is 0 Å². The van der Waals surface area contributed by atoms with E-state index in [0.29, 0.717) is 12.1 Å². The zero-order chi connectivity index (χ0) is 15.5. The molecular weight excluding hydrogens is 280 g/mol. The quantitative estimate of drug-likeness (QED) is 0.741. The van der Waals surface area contributed by atoms with Crippen molar-refractivity contribution >= 4 is 5.69 Å². The third kappa shape index (κ3) is 2.86. The largest absolute Gasteiger partial charge is 0.300 e. The first-order chi connectivity index (χ1) is 11.4. The minimum atomic E-state index is 0.335. The summed E-state index contributed by atoms with van der Waals surface area (Å²) in [5.74, 6) is 0. The summed E-state index contributed by atoms with van der Waals surface area (Å²) in [6.45, 7) is 0. The molecule has 0 bridgehead atoms. The molecule has 0 spiro atoms. The smallest absolute Gasteiger partial charge is 0.0723 e. The van der Waals surface area contributed by atoms with Crippen molar-refractivity contribution in [2.45, 2.75) is 18.5 Å². The molecule has 0 unspecified atom stereocenters. The molecular formula is C21H20N2. The van der Waals surface area contributed by atoms with Gasteiger partial charge in [0.1, 0.15) is 0 Å². The standard InChI is InChI=1S/C21H20N2/c1-4-10-17(11-5-1)20-16-21(18-12-6-2-7-13-18)23(22-20)19-14-8-3-9-15-19/h1-15,20-22H,16H2/t20-,21+/m1/s1. The van der Waals surface area contributed by atoms with E-state index in [-0.39, 0.29) is 0 Å². The van der Waals surface area contributed by atoms with Crippen molar-refractivity contribution in [3.63, 3.8) is 0 Å². The second-order valence-electron chi connectivity index (χ2n) is 5.96. The Hall–Kier alpha value is -2.58. The fraction of sp³-hybridized carbons (Fsp3) is 0.143. The molecule has 114 valence electrons. The van der Waals surface area contributed by atoms with Gasteiger partial charge in [-0.15, -0.1) is 0 Å². The van der Waals surface area contributed by atoms with E-state index in [1.165, 1.54) is 16.8 Å². The normalized spacial score (nSPS) is 20.6. The maximum absolute atomic E-state index is 3.71. The molecule has 1 aliphatic heterocycles. The molecule has 1 heterocycles. The van der Waals surface area contributed by atoms with E-state index < -0.39 is 0 Å². The Labute approximate surface area is 137 Å². The molecule has 0 aromatic heterocycles. The van der Waals surface area contributed by atoms with Crippen molar-refractivity contribution in [2.75, 3.05) is 5.01 Å². The Morgan fingerprint density at radius 2 is 1.17 bits per heavy atom. The summed E-state index contributed by atoms with van der Waals surface area (Å²) in [5, 5.41) is 2.31. The number of para-hydroxylation sites is 1. The van der Waals surface area contributed by atoms with E-state index in [1.54, 1.807) is 0 Å². The molecule has 1 saturated heterocycles. The van der Waals surface area contributed by atoms with Crippen LogP contribution in [-0.4, -0.2) is 0 Å². The van der Waals surface area contributed by atoms with Gasteiger partial charge in [0.15, 0.2) is 0 Å². The van der Waals surface area contributed by atoms with Crippen LogP contribution < -0.4 is 10.4 Å². The van der Waals surface area contributed by atoms with Gasteiger partial charge in [0.25, 0.3) is 0 Å². The second-order valence-corrected chi connectivity index (χ2v) is 5.96. The van der Waals surface area contributed by atoms with E-state index in [4.69, 9.17) is 0 Å². The first kappa shape index (κ1) is 14.0. The number of nitrogens with one attached hydrogen (secondary N) is 1. The van der Waals surface area contributed by atoms with Crippen LogP contribution >= 0.6 is 0 Å². The highest BCUT2D eigenvalue weighted by molar-refractivity contribution is 5.49. The summed E-state index contributed by atoms with van der Waals surface area (Å²) in [6, 6.07) is 32.7. The van der Waals surface area contributed by atoms with Crippen molar-refractivity contribution in [3.8, 4) is 0 Å². The maximum atomic E-state index is 3.71. The number of nitrogens with zero attached hydrogens (tertiary/aromatic N) is 1. The third-order valence-corrected chi connectivity index (χ3v) is 4.49. The third-order valence-electron chi connectivity index (χ3n) is 4.49. The molecule has 3 aromatic rings. The van der Waals surface area contributed by atoms with E-state index >= 15 is 0 Å². The number of anilines is 1. The van der Waals surface area contributed by atoms with Crippen LogP contribution in [-0.2, 0) is 0 Å². The molecule has 2 heteroatoms. The highest BCUT2D eigenvalue weighted by atomic mass is 15.6. The first-order valence-electron chi connectivity index (χ1n) is 8.12. The Morgan fingerprint density at radius 3 is 1.78 bits per heavy atom. The van der Waals surface area contributed by atoms with E-state index in [2.05, 4.69) is 101 Å². The Bertz CT molecular complexity index is 693. The van der Waals surface area contributed by atoms with Crippen molar-refractivity contribution in [1.29, 1.82) is 0 Å². The van der Waals surface area contributed by atoms with E-state index in [0.717, 1.165) is 6.42 Å². The van der Waals surface area contributed by atoms with Crippen LogP contribution in [0.5, 0.6) is 0 Å². The average molecular weight is 300 g/mol. The molecule has 2 nitrogen and oxygen atoms in total. The van der Waals surface area contributed by atoms with Crippen molar-refractivity contribution in [2.24, 2.45) is 0 Å². The molecule has 0 aliphatic carbocycles. The molecule has 1 fully saturated rings. The zero-order valence-electron chi connectivity index (χ0n) is 13.0. The minimum Gasteiger partial charge on any atom is -0.300 e. The van der Waals surface area contributed by atoms with Crippen LogP contribution in [0.1, 0.15) is 29.6 Å². The second kappa shape index (κ2) is 6.27. The summed E-state index contributed by atoms with van der Waals surface area (Å²) in [7, 11) is 0. The van der Waals surface area contributed by atoms with Gasteiger partial charge in [-0.3, -0.25) is 0 Å². The molecule has 4 rings (SSSR count). The Morgan fingerprint density at radius 1 is 0.652 bits per heavy atom. The molecule has 0 radical (unpaired) electrons. The van der Waals surface area contributed by atoms with Gasteiger partial charge in [0, 0.05) is 0 Å². The number of hydrazine groups is 1. The monoisotopic (exact) mass is 300 g/mol. The van der Waals surface area contributed by atoms with Crippen LogP contribution in [0.25, 0.3) is 0 Å². The Balaban J connectivity index is 1.70. The van der Waals surface area contributed by atoms with Crippen LogP contribution in [0.2, 0.25) is 0 Å². The van der Waals surface area contributed by atoms with Crippen LogP contribution in [0.4, 0.5) is 5.69 Å². The van der Waals surface area contributed by atoms with Crippen molar-refractivity contribution in [1.82, 2.24) is 5.43 Å². The summed E-state index contributed by atoms with van der Waals surface area (Å²) in [6.07, 6.45) is 1.06. The number of rotatable bonds is 3. The van der Waals surface area contributed by atoms with Gasteiger partial charge in [-0.1, -0.05) is 78.9 Å². The topological polar surface area (TPSA) is 15.3 Å². The van der Waals surface area contributed by atoms with Crippen molar-refractivity contribution in [3.05, 3.63) is 102 Å². The number of hydrogen-bond donors (Lipinski definition) is 1. The SMILES string of the molecule is c1ccc([C@H]2C[C@@H](c3ccccc3)N(c3ccccc3)N2)cc1. The highest BCUT2D eigenvalue weighted by Gasteiger charge is 2.33. The molecule has 23 heavy (non-hydrogen) atoms. The van der Waals surface area contributed by atoms with Gasteiger partial charge < -0.3 is 5.01 Å². The highest BCUT2D eigenvalue weighted by Crippen LogP contribution is 2.39. The molecule has 3 aromatic carbocycles. The van der Waals surface area contributed by atoms with E-state index in [1.807, 2.05) is 0 Å². The number of benzene rings is 3.